The molecule has 0 aliphatic carbocycles. The van der Waals surface area contributed by atoms with Crippen molar-refractivity contribution in [3.63, 3.8) is 0 Å². The topological polar surface area (TPSA) is 79.0 Å². The van der Waals surface area contributed by atoms with Crippen molar-refractivity contribution in [3.8, 4) is 0 Å². The van der Waals surface area contributed by atoms with Crippen molar-refractivity contribution >= 4 is 34.4 Å². The first-order chi connectivity index (χ1) is 11.8. The normalized spacial score (nSPS) is 11.4. The molecule has 3 aromatic rings. The Labute approximate surface area is 146 Å². The van der Waals surface area contributed by atoms with Gasteiger partial charge in [0.1, 0.15) is 5.60 Å². The zero-order valence-corrected chi connectivity index (χ0v) is 14.8. The second kappa shape index (κ2) is 6.47. The summed E-state index contributed by atoms with van der Waals surface area (Å²) in [7, 11) is 0. The number of ether oxygens (including phenoxy) is 1. The molecule has 0 spiro atoms. The number of imidazole rings is 1. The molecule has 3 rings (SSSR count). The highest BCUT2D eigenvalue weighted by Crippen LogP contribution is 2.26. The first-order valence-electron chi connectivity index (χ1n) is 8.12. The second-order valence-electron chi connectivity index (χ2n) is 6.90. The van der Waals surface area contributed by atoms with E-state index in [1.807, 2.05) is 64.1 Å². The Bertz CT molecular complexity index is 909. The number of amides is 1. The van der Waals surface area contributed by atoms with Crippen LogP contribution in [0.1, 0.15) is 26.3 Å². The van der Waals surface area contributed by atoms with Crippen LogP contribution in [0, 0.1) is 6.92 Å². The molecule has 3 N–H and O–H groups in total. The van der Waals surface area contributed by atoms with Crippen molar-refractivity contribution < 1.29 is 9.53 Å². The minimum Gasteiger partial charge on any atom is -0.444 e. The number of benzene rings is 2. The summed E-state index contributed by atoms with van der Waals surface area (Å²) in [6.45, 7) is 7.51. The highest BCUT2D eigenvalue weighted by molar-refractivity contribution is 5.90. The lowest BCUT2D eigenvalue weighted by atomic mass is 10.2. The minimum absolute atomic E-state index is 0.498. The zero-order valence-electron chi connectivity index (χ0n) is 14.8. The minimum atomic E-state index is -0.553. The van der Waals surface area contributed by atoms with Gasteiger partial charge in [-0.15, -0.1) is 0 Å². The molecule has 0 unspecified atom stereocenters. The monoisotopic (exact) mass is 338 g/mol. The predicted molar refractivity (Wildman–Crippen MR) is 100 cm³/mol. The van der Waals surface area contributed by atoms with Crippen LogP contribution >= 0.6 is 0 Å². The maximum atomic E-state index is 12.0. The number of carbonyl (C=O) groups is 1. The molecule has 1 amide bonds. The Morgan fingerprint density at radius 2 is 1.84 bits per heavy atom. The van der Waals surface area contributed by atoms with Crippen LogP contribution in [0.4, 0.5) is 22.1 Å². The number of anilines is 3. The number of nitrogens with zero attached hydrogens (tertiary/aromatic N) is 1. The summed E-state index contributed by atoms with van der Waals surface area (Å²) >= 11 is 0. The number of para-hydroxylation sites is 2. The van der Waals surface area contributed by atoms with Gasteiger partial charge in [0.25, 0.3) is 0 Å². The molecule has 0 fully saturated rings. The fourth-order valence-corrected chi connectivity index (χ4v) is 2.42. The highest BCUT2D eigenvalue weighted by Gasteiger charge is 2.17. The standard InChI is InChI=1S/C19H22N4O2/c1-12-9-10-15-16(11-12)22-17(21-15)20-13-7-5-6-8-14(13)23-18(24)25-19(2,3)4/h5-11H,1-4H3,(H,23,24)(H2,20,21,22). The number of aryl methyl sites for hydroxylation is 1. The van der Waals surface area contributed by atoms with Crippen molar-refractivity contribution in [2.24, 2.45) is 0 Å². The molecule has 0 atom stereocenters. The second-order valence-corrected chi connectivity index (χ2v) is 6.90. The molecule has 6 nitrogen and oxygen atoms in total. The quantitative estimate of drug-likeness (QED) is 0.630. The van der Waals surface area contributed by atoms with E-state index in [4.69, 9.17) is 4.74 Å². The summed E-state index contributed by atoms with van der Waals surface area (Å²) in [4.78, 5) is 19.8. The van der Waals surface area contributed by atoms with Crippen LogP contribution in [0.3, 0.4) is 0 Å². The lowest BCUT2D eigenvalue weighted by Gasteiger charge is -2.20. The van der Waals surface area contributed by atoms with Crippen LogP contribution in [0.15, 0.2) is 42.5 Å². The third kappa shape index (κ3) is 4.29. The SMILES string of the molecule is Cc1ccc2nc(Nc3ccccc3NC(=O)OC(C)(C)C)[nH]c2c1. The van der Waals surface area contributed by atoms with E-state index < -0.39 is 11.7 Å². The predicted octanol–water partition coefficient (Wildman–Crippen LogP) is 4.96. The summed E-state index contributed by atoms with van der Waals surface area (Å²) in [5, 5.41) is 5.98. The number of H-pyrrole nitrogens is 1. The Morgan fingerprint density at radius 1 is 1.12 bits per heavy atom. The van der Waals surface area contributed by atoms with Crippen LogP contribution < -0.4 is 10.6 Å². The van der Waals surface area contributed by atoms with Crippen molar-refractivity contribution in [2.75, 3.05) is 10.6 Å². The van der Waals surface area contributed by atoms with E-state index in [9.17, 15) is 4.79 Å². The lowest BCUT2D eigenvalue weighted by Crippen LogP contribution is -2.27. The van der Waals surface area contributed by atoms with Gasteiger partial charge in [0.15, 0.2) is 0 Å². The summed E-state index contributed by atoms with van der Waals surface area (Å²) in [5.74, 6) is 0.610. The van der Waals surface area contributed by atoms with Gasteiger partial charge in [0.05, 0.1) is 22.4 Å². The van der Waals surface area contributed by atoms with E-state index in [1.54, 1.807) is 6.07 Å². The van der Waals surface area contributed by atoms with Gasteiger partial charge in [-0.3, -0.25) is 5.32 Å². The number of fused-ring (bicyclic) bond motifs is 1. The summed E-state index contributed by atoms with van der Waals surface area (Å²) in [5.41, 5.74) is 3.79. The molecule has 0 radical (unpaired) electrons. The molecule has 1 heterocycles. The molecule has 1 aromatic heterocycles. The van der Waals surface area contributed by atoms with Crippen LogP contribution in [-0.2, 0) is 4.74 Å². The van der Waals surface area contributed by atoms with E-state index in [1.165, 1.54) is 0 Å². The highest BCUT2D eigenvalue weighted by atomic mass is 16.6. The van der Waals surface area contributed by atoms with Gasteiger partial charge in [-0.1, -0.05) is 18.2 Å². The van der Waals surface area contributed by atoms with E-state index in [0.29, 0.717) is 11.6 Å². The third-order valence-corrected chi connectivity index (χ3v) is 3.45. The molecule has 6 heteroatoms. The van der Waals surface area contributed by atoms with Crippen LogP contribution in [0.5, 0.6) is 0 Å². The Balaban J connectivity index is 1.81. The average molecular weight is 338 g/mol. The Morgan fingerprint density at radius 3 is 2.56 bits per heavy atom. The molecule has 0 saturated carbocycles. The largest absolute Gasteiger partial charge is 0.444 e. The molecule has 0 saturated heterocycles. The first kappa shape index (κ1) is 16.8. The fourth-order valence-electron chi connectivity index (χ4n) is 2.42. The van der Waals surface area contributed by atoms with E-state index in [0.717, 1.165) is 22.3 Å². The number of carbonyl (C=O) groups excluding carboxylic acids is 1. The van der Waals surface area contributed by atoms with Gasteiger partial charge in [0.2, 0.25) is 5.95 Å². The molecule has 0 aliphatic heterocycles. The maximum absolute atomic E-state index is 12.0. The summed E-state index contributed by atoms with van der Waals surface area (Å²) < 4.78 is 5.31. The van der Waals surface area contributed by atoms with Gasteiger partial charge < -0.3 is 15.0 Å². The molecule has 25 heavy (non-hydrogen) atoms. The van der Waals surface area contributed by atoms with Crippen molar-refractivity contribution in [1.82, 2.24) is 9.97 Å². The molecular formula is C19H22N4O2. The fraction of sp³-hybridized carbons (Fsp3) is 0.263. The lowest BCUT2D eigenvalue weighted by molar-refractivity contribution is 0.0636. The number of nitrogens with one attached hydrogen (secondary N) is 3. The van der Waals surface area contributed by atoms with Crippen molar-refractivity contribution in [3.05, 3.63) is 48.0 Å². The van der Waals surface area contributed by atoms with Crippen LogP contribution in [-0.4, -0.2) is 21.7 Å². The number of aromatic amines is 1. The number of rotatable bonds is 3. The molecular weight excluding hydrogens is 316 g/mol. The number of aromatic nitrogens is 2. The number of hydrogen-bond donors (Lipinski definition) is 3. The van der Waals surface area contributed by atoms with Gasteiger partial charge in [-0.05, 0) is 57.5 Å². The Kier molecular flexibility index (Phi) is 4.35. The Hall–Kier alpha value is -3.02. The average Bonchev–Trinajstić information content (AvgIpc) is 2.88. The van der Waals surface area contributed by atoms with Crippen molar-refractivity contribution in [2.45, 2.75) is 33.3 Å². The van der Waals surface area contributed by atoms with E-state index >= 15 is 0 Å². The van der Waals surface area contributed by atoms with Gasteiger partial charge in [0, 0.05) is 0 Å². The van der Waals surface area contributed by atoms with Gasteiger partial charge in [-0.2, -0.15) is 0 Å². The number of hydrogen-bond acceptors (Lipinski definition) is 4. The molecule has 130 valence electrons. The smallest absolute Gasteiger partial charge is 0.412 e. The van der Waals surface area contributed by atoms with Gasteiger partial charge in [-0.25, -0.2) is 9.78 Å². The molecule has 0 aliphatic rings. The third-order valence-electron chi connectivity index (χ3n) is 3.45. The molecule has 2 aromatic carbocycles. The summed E-state index contributed by atoms with van der Waals surface area (Å²) in [6, 6.07) is 13.4. The van der Waals surface area contributed by atoms with Gasteiger partial charge >= 0.3 is 6.09 Å². The van der Waals surface area contributed by atoms with Crippen molar-refractivity contribution in [1.29, 1.82) is 0 Å². The zero-order chi connectivity index (χ0) is 18.0. The van der Waals surface area contributed by atoms with Crippen LogP contribution in [0.2, 0.25) is 0 Å². The molecule has 0 bridgehead atoms. The maximum Gasteiger partial charge on any atom is 0.412 e. The summed E-state index contributed by atoms with van der Waals surface area (Å²) in [6.07, 6.45) is -0.498. The van der Waals surface area contributed by atoms with E-state index in [-0.39, 0.29) is 0 Å². The van der Waals surface area contributed by atoms with E-state index in [2.05, 4.69) is 20.6 Å². The van der Waals surface area contributed by atoms with Crippen LogP contribution in [0.25, 0.3) is 11.0 Å². The first-order valence-corrected chi connectivity index (χ1v) is 8.12.